The third kappa shape index (κ3) is 5.02. The van der Waals surface area contributed by atoms with Gasteiger partial charge < -0.3 is 10.2 Å². The minimum Gasteiger partial charge on any atom is -0.394 e. The van der Waals surface area contributed by atoms with E-state index in [1.54, 1.807) is 0 Å². The third-order valence-corrected chi connectivity index (χ3v) is 14.6. The molecule has 0 bridgehead atoms. The maximum atomic E-state index is 13.8. The van der Waals surface area contributed by atoms with Gasteiger partial charge in [-0.3, -0.25) is 0 Å². The standard InChI is InChI=1S/C28H50O6P2/c1-5-8-19(2)21-10-11-22-26-23(18-25(28(21,22)4)36(32)34-16-14-30)27(3)12-7-6-9-20(27)17-24(26)35(31)33-15-13-29/h19-26,29-30H,5-18H2,1-4H3/q+2/t19-,20?,21-,22+,23+,24+,25-,26+,27+,28-/m1/s1. The predicted molar refractivity (Wildman–Crippen MR) is 144 cm³/mol. The van der Waals surface area contributed by atoms with Crippen molar-refractivity contribution in [1.82, 2.24) is 0 Å². The molecular weight excluding hydrogens is 494 g/mol. The fraction of sp³-hybridized carbons (Fsp3) is 1.00. The lowest BCUT2D eigenvalue weighted by Crippen LogP contribution is -2.60. The highest BCUT2D eigenvalue weighted by molar-refractivity contribution is 7.40. The van der Waals surface area contributed by atoms with Crippen molar-refractivity contribution in [3.63, 3.8) is 0 Å². The molecule has 12 atom stereocenters. The molecule has 8 heteroatoms. The molecule has 4 saturated carbocycles. The van der Waals surface area contributed by atoms with Crippen LogP contribution in [0, 0.1) is 46.3 Å². The predicted octanol–water partition coefficient (Wildman–Crippen LogP) is 6.93. The second-order valence-electron chi connectivity index (χ2n) is 12.8. The molecule has 0 aromatic heterocycles. The van der Waals surface area contributed by atoms with Gasteiger partial charge in [0.05, 0.1) is 13.2 Å². The fourth-order valence-corrected chi connectivity index (χ4v) is 13.1. The van der Waals surface area contributed by atoms with Crippen LogP contribution in [-0.4, -0.2) is 48.0 Å². The Morgan fingerprint density at radius 2 is 1.64 bits per heavy atom. The van der Waals surface area contributed by atoms with E-state index in [1.807, 2.05) is 0 Å². The third-order valence-electron chi connectivity index (χ3n) is 11.4. The normalized spacial score (nSPS) is 43.8. The highest BCUT2D eigenvalue weighted by Gasteiger charge is 2.72. The lowest BCUT2D eigenvalue weighted by atomic mass is 9.44. The number of hydrogen-bond acceptors (Lipinski definition) is 6. The zero-order valence-electron chi connectivity index (χ0n) is 22.9. The van der Waals surface area contributed by atoms with Crippen LogP contribution in [0.3, 0.4) is 0 Å². The first-order chi connectivity index (χ1) is 17.2. The fourth-order valence-electron chi connectivity index (χ4n) is 9.83. The smallest absolute Gasteiger partial charge is 0.394 e. The summed E-state index contributed by atoms with van der Waals surface area (Å²) in [5.74, 6) is 2.55. The van der Waals surface area contributed by atoms with Gasteiger partial charge in [-0.1, -0.05) is 53.4 Å². The van der Waals surface area contributed by atoms with Gasteiger partial charge in [0.2, 0.25) is 0 Å². The van der Waals surface area contributed by atoms with Crippen LogP contribution >= 0.6 is 16.1 Å². The highest BCUT2D eigenvalue weighted by atomic mass is 31.1. The summed E-state index contributed by atoms with van der Waals surface area (Å²) in [5.41, 5.74) is 0.00918. The second kappa shape index (κ2) is 12.1. The SMILES string of the molecule is CCC[C@@H](C)[C@H]1CC[C@H]2[C@@H]3[C@@H]([P+](=O)OCCO)CC4CCCC[C@]4(C)[C@H]3C[C@@H]([P+](=O)OCCO)[C@]12C. The molecule has 6 nitrogen and oxygen atoms in total. The van der Waals surface area contributed by atoms with Crippen molar-refractivity contribution in [3.05, 3.63) is 0 Å². The number of fused-ring (bicyclic) bond motifs is 5. The van der Waals surface area contributed by atoms with E-state index in [2.05, 4.69) is 27.7 Å². The summed E-state index contributed by atoms with van der Waals surface area (Å²) in [6.07, 6.45) is 11.2. The number of aliphatic hydroxyl groups excluding tert-OH is 2. The van der Waals surface area contributed by atoms with Gasteiger partial charge in [0.25, 0.3) is 0 Å². The molecule has 4 rings (SSSR count). The van der Waals surface area contributed by atoms with E-state index in [0.29, 0.717) is 35.5 Å². The van der Waals surface area contributed by atoms with E-state index < -0.39 is 16.1 Å². The Morgan fingerprint density at radius 1 is 0.944 bits per heavy atom. The number of rotatable bonds is 11. The summed E-state index contributed by atoms with van der Waals surface area (Å²) in [6, 6.07) is 0. The zero-order chi connectivity index (χ0) is 26.1. The van der Waals surface area contributed by atoms with E-state index in [-0.39, 0.29) is 48.6 Å². The van der Waals surface area contributed by atoms with Crippen molar-refractivity contribution >= 4 is 16.1 Å². The minimum absolute atomic E-state index is 0.00877. The maximum Gasteiger partial charge on any atom is 0.511 e. The van der Waals surface area contributed by atoms with Crippen LogP contribution in [0.5, 0.6) is 0 Å². The second-order valence-corrected chi connectivity index (χ2v) is 15.7. The minimum atomic E-state index is -1.91. The van der Waals surface area contributed by atoms with Crippen LogP contribution in [0.15, 0.2) is 0 Å². The first kappa shape index (κ1) is 29.0. The molecule has 0 radical (unpaired) electrons. The Bertz CT molecular complexity index is 794. The summed E-state index contributed by atoms with van der Waals surface area (Å²) in [7, 11) is -3.78. The Balaban J connectivity index is 1.77. The molecule has 4 aliphatic carbocycles. The van der Waals surface area contributed by atoms with Gasteiger partial charge in [-0.05, 0) is 69.8 Å². The molecule has 0 aromatic carbocycles. The molecule has 0 saturated heterocycles. The van der Waals surface area contributed by atoms with Crippen LogP contribution < -0.4 is 0 Å². The molecule has 206 valence electrons. The van der Waals surface area contributed by atoms with Gasteiger partial charge in [0.1, 0.15) is 13.2 Å². The molecule has 3 unspecified atom stereocenters. The van der Waals surface area contributed by atoms with Gasteiger partial charge in [0, 0.05) is 24.2 Å². The topological polar surface area (TPSA) is 93.1 Å². The van der Waals surface area contributed by atoms with Gasteiger partial charge in [0.15, 0.2) is 11.3 Å². The van der Waals surface area contributed by atoms with E-state index in [4.69, 9.17) is 9.05 Å². The van der Waals surface area contributed by atoms with Crippen molar-refractivity contribution in [2.75, 3.05) is 26.4 Å². The maximum absolute atomic E-state index is 13.8. The average Bonchev–Trinajstić information content (AvgIpc) is 3.22. The van der Waals surface area contributed by atoms with Gasteiger partial charge in [-0.15, -0.1) is 9.05 Å². The van der Waals surface area contributed by atoms with Gasteiger partial charge in [-0.2, -0.15) is 0 Å². The van der Waals surface area contributed by atoms with Gasteiger partial charge >= 0.3 is 16.1 Å². The quantitative estimate of drug-likeness (QED) is 0.274. The first-order valence-electron chi connectivity index (χ1n) is 14.6. The van der Waals surface area contributed by atoms with Gasteiger partial charge in [-0.25, -0.2) is 0 Å². The largest absolute Gasteiger partial charge is 0.511 e. The van der Waals surface area contributed by atoms with Crippen molar-refractivity contribution in [1.29, 1.82) is 0 Å². The van der Waals surface area contributed by atoms with Crippen molar-refractivity contribution in [2.45, 2.75) is 103 Å². The molecule has 4 aliphatic rings. The van der Waals surface area contributed by atoms with Crippen molar-refractivity contribution < 1.29 is 28.4 Å². The van der Waals surface area contributed by atoms with Crippen molar-refractivity contribution in [3.8, 4) is 0 Å². The molecule has 0 aromatic rings. The van der Waals surface area contributed by atoms with Crippen LogP contribution in [0.25, 0.3) is 0 Å². The lowest BCUT2D eigenvalue weighted by Gasteiger charge is -2.60. The lowest BCUT2D eigenvalue weighted by molar-refractivity contribution is -0.111. The highest BCUT2D eigenvalue weighted by Crippen LogP contribution is 2.73. The number of aliphatic hydroxyl groups is 2. The molecule has 4 fully saturated rings. The molecule has 0 heterocycles. The molecule has 2 N–H and O–H groups in total. The Morgan fingerprint density at radius 3 is 2.31 bits per heavy atom. The molecule has 0 amide bonds. The summed E-state index contributed by atoms with van der Waals surface area (Å²) < 4.78 is 39.1. The molecule has 0 aliphatic heterocycles. The molecule has 36 heavy (non-hydrogen) atoms. The molecule has 0 spiro atoms. The van der Waals surface area contributed by atoms with Crippen LogP contribution in [0.1, 0.15) is 91.9 Å². The first-order valence-corrected chi connectivity index (χ1v) is 17.1. The van der Waals surface area contributed by atoms with E-state index in [1.165, 1.54) is 32.1 Å². The Kier molecular flexibility index (Phi) is 9.72. The van der Waals surface area contributed by atoms with Crippen LogP contribution in [0.2, 0.25) is 0 Å². The monoisotopic (exact) mass is 544 g/mol. The van der Waals surface area contributed by atoms with E-state index >= 15 is 0 Å². The summed E-state index contributed by atoms with van der Waals surface area (Å²) in [4.78, 5) is 0. The molecular formula is C28H50O6P2+2. The Labute approximate surface area is 220 Å². The Hall–Kier alpha value is 0.0400. The summed E-state index contributed by atoms with van der Waals surface area (Å²) in [6.45, 7) is 9.51. The average molecular weight is 545 g/mol. The summed E-state index contributed by atoms with van der Waals surface area (Å²) >= 11 is 0. The zero-order valence-corrected chi connectivity index (χ0v) is 24.7. The van der Waals surface area contributed by atoms with E-state index in [9.17, 15) is 19.3 Å². The van der Waals surface area contributed by atoms with E-state index in [0.717, 1.165) is 32.1 Å². The summed E-state index contributed by atoms with van der Waals surface area (Å²) in [5, 5.41) is 18.8. The van der Waals surface area contributed by atoms with Crippen molar-refractivity contribution in [2.24, 2.45) is 46.3 Å². The van der Waals surface area contributed by atoms with Crippen LogP contribution in [0.4, 0.5) is 0 Å². The van der Waals surface area contributed by atoms with Crippen LogP contribution in [-0.2, 0) is 18.2 Å². The number of hydrogen-bond donors (Lipinski definition) is 2.